The van der Waals surface area contributed by atoms with Crippen molar-refractivity contribution in [3.05, 3.63) is 47.5 Å². The number of benzene rings is 2. The number of ether oxygens (including phenoxy) is 3. The van der Waals surface area contributed by atoms with E-state index in [0.29, 0.717) is 35.1 Å². The van der Waals surface area contributed by atoms with E-state index in [0.717, 1.165) is 24.8 Å². The highest BCUT2D eigenvalue weighted by molar-refractivity contribution is 5.89. The van der Waals surface area contributed by atoms with Crippen molar-refractivity contribution in [3.63, 3.8) is 0 Å². The van der Waals surface area contributed by atoms with E-state index in [1.165, 1.54) is 7.11 Å². The van der Waals surface area contributed by atoms with Crippen LogP contribution in [-0.2, 0) is 6.54 Å². The monoisotopic (exact) mass is 397 g/mol. The molecule has 0 heterocycles. The molecule has 0 fully saturated rings. The minimum absolute atomic E-state index is 0.261. The van der Waals surface area contributed by atoms with Gasteiger partial charge in [0.25, 0.3) is 0 Å². The minimum atomic E-state index is -0.362. The van der Waals surface area contributed by atoms with Gasteiger partial charge < -0.3 is 24.8 Å². The van der Waals surface area contributed by atoms with Crippen LogP contribution >= 0.6 is 0 Å². The van der Waals surface area contributed by atoms with Crippen LogP contribution in [0.4, 0.5) is 10.5 Å². The van der Waals surface area contributed by atoms with Crippen molar-refractivity contribution >= 4 is 11.7 Å². The number of urea groups is 1. The summed E-state index contributed by atoms with van der Waals surface area (Å²) >= 11 is 0. The van der Waals surface area contributed by atoms with Crippen LogP contribution in [0.5, 0.6) is 17.2 Å². The van der Waals surface area contributed by atoms with Gasteiger partial charge >= 0.3 is 6.03 Å². The molecule has 0 aliphatic heterocycles. The first-order valence-electron chi connectivity index (χ1n) is 9.54. The Morgan fingerprint density at radius 1 is 1.03 bits per heavy atom. The number of carbonyl (C=O) groups is 1. The Kier molecular flexibility index (Phi) is 8.64. The number of carbonyl (C=O) groups excluding carboxylic acids is 1. The number of hydrogen-bond acceptors (Lipinski definition) is 5. The third-order valence-corrected chi connectivity index (χ3v) is 4.28. The van der Waals surface area contributed by atoms with Crippen LogP contribution in [0.3, 0.4) is 0 Å². The maximum atomic E-state index is 12.3. The van der Waals surface area contributed by atoms with E-state index in [1.807, 2.05) is 0 Å². The fraction of sp³-hybridized carbons (Fsp3) is 0.364. The normalized spacial score (nSPS) is 10.0. The van der Waals surface area contributed by atoms with Crippen LogP contribution in [-0.4, -0.2) is 26.9 Å². The molecule has 154 valence electrons. The maximum absolute atomic E-state index is 12.3. The van der Waals surface area contributed by atoms with Crippen LogP contribution in [0.1, 0.15) is 37.3 Å². The fourth-order valence-corrected chi connectivity index (χ4v) is 2.71. The molecule has 0 aromatic heterocycles. The Labute approximate surface area is 171 Å². The highest BCUT2D eigenvalue weighted by atomic mass is 16.5. The number of hydrogen-bond donors (Lipinski definition) is 2. The van der Waals surface area contributed by atoms with Crippen LogP contribution < -0.4 is 24.8 Å². The summed E-state index contributed by atoms with van der Waals surface area (Å²) in [5, 5.41) is 14.5. The van der Waals surface area contributed by atoms with Crippen molar-refractivity contribution in [1.82, 2.24) is 5.32 Å². The van der Waals surface area contributed by atoms with E-state index in [1.54, 1.807) is 43.5 Å². The van der Waals surface area contributed by atoms with Crippen molar-refractivity contribution in [2.24, 2.45) is 0 Å². The lowest BCUT2D eigenvalue weighted by Crippen LogP contribution is -2.28. The molecule has 2 aromatic rings. The summed E-state index contributed by atoms with van der Waals surface area (Å²) in [6, 6.07) is 12.0. The number of unbranched alkanes of at least 4 members (excludes halogenated alkanes) is 2. The van der Waals surface area contributed by atoms with Gasteiger partial charge in [0.2, 0.25) is 0 Å². The van der Waals surface area contributed by atoms with Gasteiger partial charge in [-0.3, -0.25) is 0 Å². The number of rotatable bonds is 10. The molecule has 7 heteroatoms. The smallest absolute Gasteiger partial charge is 0.319 e. The molecule has 29 heavy (non-hydrogen) atoms. The number of nitriles is 1. The van der Waals surface area contributed by atoms with E-state index in [2.05, 4.69) is 23.6 Å². The highest BCUT2D eigenvalue weighted by Gasteiger charge is 2.10. The lowest BCUT2D eigenvalue weighted by molar-refractivity contribution is 0.251. The van der Waals surface area contributed by atoms with Crippen molar-refractivity contribution in [3.8, 4) is 23.3 Å². The van der Waals surface area contributed by atoms with E-state index in [4.69, 9.17) is 19.5 Å². The Balaban J connectivity index is 1.97. The van der Waals surface area contributed by atoms with Gasteiger partial charge in [0.1, 0.15) is 5.75 Å². The molecule has 7 nitrogen and oxygen atoms in total. The number of anilines is 1. The molecule has 2 N–H and O–H groups in total. The quantitative estimate of drug-likeness (QED) is 0.577. The molecule has 2 aromatic carbocycles. The number of amides is 2. The van der Waals surface area contributed by atoms with Crippen LogP contribution in [0.2, 0.25) is 0 Å². The third kappa shape index (κ3) is 6.61. The highest BCUT2D eigenvalue weighted by Crippen LogP contribution is 2.30. The van der Waals surface area contributed by atoms with Crippen LogP contribution in [0, 0.1) is 11.3 Å². The standard InChI is InChI=1S/C22H27N3O4/c1-4-5-6-11-29-21-13-18(9-10-19(21)27-2)25-22(26)24-15-17-8-7-16(14-23)12-20(17)28-3/h7-10,12-13H,4-6,11,15H2,1-3H3,(H2,24,25,26). The first kappa shape index (κ1) is 21.9. The molecule has 0 spiro atoms. The molecule has 0 saturated heterocycles. The minimum Gasteiger partial charge on any atom is -0.496 e. The van der Waals surface area contributed by atoms with Gasteiger partial charge in [0, 0.05) is 23.9 Å². The SMILES string of the molecule is CCCCCOc1cc(NC(=O)NCc2ccc(C#N)cc2OC)ccc1OC. The average Bonchev–Trinajstić information content (AvgIpc) is 2.75. The predicted octanol–water partition coefficient (Wildman–Crippen LogP) is 4.47. The van der Waals surface area contributed by atoms with Gasteiger partial charge in [0.15, 0.2) is 11.5 Å². The second kappa shape index (κ2) is 11.4. The molecule has 2 amide bonds. The first-order valence-corrected chi connectivity index (χ1v) is 9.54. The van der Waals surface area contributed by atoms with E-state index in [9.17, 15) is 4.79 Å². The summed E-state index contributed by atoms with van der Waals surface area (Å²) in [6.45, 7) is 2.99. The van der Waals surface area contributed by atoms with Crippen molar-refractivity contribution in [1.29, 1.82) is 5.26 Å². The fourth-order valence-electron chi connectivity index (χ4n) is 2.71. The third-order valence-electron chi connectivity index (χ3n) is 4.28. The Bertz CT molecular complexity index is 862. The van der Waals surface area contributed by atoms with Crippen molar-refractivity contribution in [2.45, 2.75) is 32.7 Å². The molecular formula is C22H27N3O4. The lowest BCUT2D eigenvalue weighted by atomic mass is 10.1. The summed E-state index contributed by atoms with van der Waals surface area (Å²) in [4.78, 5) is 12.3. The Morgan fingerprint density at radius 3 is 2.52 bits per heavy atom. The average molecular weight is 397 g/mol. The summed E-state index contributed by atoms with van der Waals surface area (Å²) < 4.78 is 16.4. The van der Waals surface area contributed by atoms with Gasteiger partial charge in [0.05, 0.1) is 32.5 Å². The molecule has 0 bridgehead atoms. The van der Waals surface area contributed by atoms with Gasteiger partial charge in [-0.2, -0.15) is 5.26 Å². The van der Waals surface area contributed by atoms with Crippen LogP contribution in [0.15, 0.2) is 36.4 Å². The zero-order valence-electron chi connectivity index (χ0n) is 17.1. The van der Waals surface area contributed by atoms with Gasteiger partial charge in [-0.15, -0.1) is 0 Å². The van der Waals surface area contributed by atoms with Gasteiger partial charge in [-0.1, -0.05) is 25.8 Å². The summed E-state index contributed by atoms with van der Waals surface area (Å²) in [5.41, 5.74) is 1.87. The molecule has 0 radical (unpaired) electrons. The summed E-state index contributed by atoms with van der Waals surface area (Å²) in [6.07, 6.45) is 3.18. The second-order valence-electron chi connectivity index (χ2n) is 6.37. The molecule has 2 rings (SSSR count). The largest absolute Gasteiger partial charge is 0.496 e. The first-order chi connectivity index (χ1) is 14.1. The maximum Gasteiger partial charge on any atom is 0.319 e. The second-order valence-corrected chi connectivity index (χ2v) is 6.37. The molecule has 0 atom stereocenters. The van der Waals surface area contributed by atoms with E-state index in [-0.39, 0.29) is 12.6 Å². The predicted molar refractivity (Wildman–Crippen MR) is 112 cm³/mol. The number of methoxy groups -OCH3 is 2. The van der Waals surface area contributed by atoms with Gasteiger partial charge in [-0.25, -0.2) is 4.79 Å². The zero-order valence-corrected chi connectivity index (χ0v) is 17.1. The Hall–Kier alpha value is -3.40. The van der Waals surface area contributed by atoms with Crippen LogP contribution in [0.25, 0.3) is 0 Å². The molecule has 0 unspecified atom stereocenters. The Morgan fingerprint density at radius 2 is 1.83 bits per heavy atom. The summed E-state index contributed by atoms with van der Waals surface area (Å²) in [7, 11) is 3.11. The van der Waals surface area contributed by atoms with Crippen molar-refractivity contribution < 1.29 is 19.0 Å². The molecule has 0 saturated carbocycles. The lowest BCUT2D eigenvalue weighted by Gasteiger charge is -2.14. The van der Waals surface area contributed by atoms with Gasteiger partial charge in [-0.05, 0) is 30.7 Å². The summed E-state index contributed by atoms with van der Waals surface area (Å²) in [5.74, 6) is 1.77. The van der Waals surface area contributed by atoms with Crippen molar-refractivity contribution in [2.75, 3.05) is 26.1 Å². The topological polar surface area (TPSA) is 92.6 Å². The van der Waals surface area contributed by atoms with E-state index >= 15 is 0 Å². The number of nitrogens with zero attached hydrogens (tertiary/aromatic N) is 1. The molecular weight excluding hydrogens is 370 g/mol. The molecule has 0 aliphatic carbocycles. The van der Waals surface area contributed by atoms with E-state index < -0.39 is 0 Å². The molecule has 0 aliphatic rings. The number of nitrogens with one attached hydrogen (secondary N) is 2. The zero-order chi connectivity index (χ0) is 21.1.